The van der Waals surface area contributed by atoms with E-state index in [4.69, 9.17) is 0 Å². The van der Waals surface area contributed by atoms with Crippen LogP contribution in [0, 0.1) is 0 Å². The van der Waals surface area contributed by atoms with Crippen molar-refractivity contribution in [3.8, 4) is 0 Å². The van der Waals surface area contributed by atoms with Crippen LogP contribution in [0.5, 0.6) is 0 Å². The number of likely N-dealkylation sites (N-methyl/N-ethyl adjacent to an activating group) is 2. The second-order valence-corrected chi connectivity index (χ2v) is 6.49. The predicted octanol–water partition coefficient (Wildman–Crippen LogP) is 1.60. The largest absolute Gasteiger partial charge is 0.358 e. The molecule has 0 aliphatic carbocycles. The lowest BCUT2D eigenvalue weighted by atomic mass is 10.1. The molecule has 0 aliphatic heterocycles. The van der Waals surface area contributed by atoms with E-state index in [0.29, 0.717) is 5.39 Å². The van der Waals surface area contributed by atoms with Gasteiger partial charge < -0.3 is 5.32 Å². The molecule has 0 fully saturated rings. The van der Waals surface area contributed by atoms with E-state index in [9.17, 15) is 13.2 Å². The van der Waals surface area contributed by atoms with E-state index in [0.717, 1.165) is 5.39 Å². The van der Waals surface area contributed by atoms with Gasteiger partial charge in [-0.05, 0) is 11.5 Å². The maximum absolute atomic E-state index is 12.8. The van der Waals surface area contributed by atoms with Crippen LogP contribution in [0.3, 0.4) is 0 Å². The number of hydrogen-bond acceptors (Lipinski definition) is 3. The molecule has 2 aromatic carbocycles. The number of fused-ring (bicyclic) bond motifs is 1. The summed E-state index contributed by atoms with van der Waals surface area (Å²) in [4.78, 5) is 11.7. The fourth-order valence-electron chi connectivity index (χ4n) is 2.17. The van der Waals surface area contributed by atoms with Crippen molar-refractivity contribution in [1.82, 2.24) is 9.62 Å². The molecular formula is C15H18N2O3S. The minimum atomic E-state index is -3.71. The highest BCUT2D eigenvalue weighted by molar-refractivity contribution is 7.89. The predicted molar refractivity (Wildman–Crippen MR) is 82.4 cm³/mol. The first-order valence-corrected chi connectivity index (χ1v) is 8.13. The molecule has 0 aromatic heterocycles. The Morgan fingerprint density at radius 1 is 1.14 bits per heavy atom. The monoisotopic (exact) mass is 306 g/mol. The zero-order chi connectivity index (χ0) is 15.5. The Balaban J connectivity index is 2.52. The van der Waals surface area contributed by atoms with E-state index in [1.807, 2.05) is 18.2 Å². The molecular weight excluding hydrogens is 288 g/mol. The Bertz CT molecular complexity index is 751. The molecule has 0 heterocycles. The van der Waals surface area contributed by atoms with Crippen LogP contribution in [0.1, 0.15) is 6.92 Å². The first kappa shape index (κ1) is 15.5. The molecule has 1 amide bonds. The number of nitrogens with zero attached hydrogens (tertiary/aromatic N) is 1. The van der Waals surface area contributed by atoms with E-state index in [2.05, 4.69) is 5.32 Å². The number of carbonyl (C=O) groups excluding carboxylic acids is 1. The molecule has 0 spiro atoms. The summed E-state index contributed by atoms with van der Waals surface area (Å²) in [5, 5.41) is 3.96. The van der Waals surface area contributed by atoms with Crippen molar-refractivity contribution in [2.75, 3.05) is 20.1 Å². The first-order chi connectivity index (χ1) is 10.0. The van der Waals surface area contributed by atoms with Crippen molar-refractivity contribution in [3.63, 3.8) is 0 Å². The van der Waals surface area contributed by atoms with Gasteiger partial charge in [0.15, 0.2) is 0 Å². The van der Waals surface area contributed by atoms with Crippen molar-refractivity contribution >= 4 is 26.7 Å². The van der Waals surface area contributed by atoms with Crippen molar-refractivity contribution in [2.45, 2.75) is 11.8 Å². The summed E-state index contributed by atoms with van der Waals surface area (Å²) in [6.45, 7) is 1.77. The number of carbonyl (C=O) groups is 1. The van der Waals surface area contributed by atoms with Crippen LogP contribution in [0.15, 0.2) is 47.4 Å². The molecule has 0 saturated heterocycles. The first-order valence-electron chi connectivity index (χ1n) is 6.69. The third-order valence-electron chi connectivity index (χ3n) is 3.32. The smallest absolute Gasteiger partial charge is 0.244 e. The minimum absolute atomic E-state index is 0.182. The second kappa shape index (κ2) is 6.24. The summed E-state index contributed by atoms with van der Waals surface area (Å²) in [6, 6.07) is 12.5. The van der Waals surface area contributed by atoms with E-state index in [-0.39, 0.29) is 23.9 Å². The average Bonchev–Trinajstić information content (AvgIpc) is 2.51. The molecule has 0 radical (unpaired) electrons. The Morgan fingerprint density at radius 3 is 2.48 bits per heavy atom. The lowest BCUT2D eigenvalue weighted by Crippen LogP contribution is -2.39. The van der Waals surface area contributed by atoms with E-state index in [1.165, 1.54) is 11.4 Å². The molecule has 0 aliphatic rings. The molecule has 21 heavy (non-hydrogen) atoms. The van der Waals surface area contributed by atoms with Crippen LogP contribution in [-0.2, 0) is 14.8 Å². The standard InChI is InChI=1S/C15H18N2O3S/c1-3-17(11-15(18)16-2)21(19,20)14-10-6-8-12-7-4-5-9-13(12)14/h4-10H,3,11H2,1-2H3,(H,16,18). The maximum atomic E-state index is 12.8. The third kappa shape index (κ3) is 3.06. The highest BCUT2D eigenvalue weighted by Gasteiger charge is 2.26. The SMILES string of the molecule is CCN(CC(=O)NC)S(=O)(=O)c1cccc2ccccc12. The van der Waals surface area contributed by atoms with Gasteiger partial charge in [0.1, 0.15) is 0 Å². The van der Waals surface area contributed by atoms with Crippen LogP contribution in [-0.4, -0.2) is 38.8 Å². The average molecular weight is 306 g/mol. The number of nitrogens with one attached hydrogen (secondary N) is 1. The normalized spacial score (nSPS) is 11.8. The molecule has 2 rings (SSSR count). The molecule has 1 N–H and O–H groups in total. The van der Waals surface area contributed by atoms with Crippen LogP contribution in [0.25, 0.3) is 10.8 Å². The fraction of sp³-hybridized carbons (Fsp3) is 0.267. The summed E-state index contributed by atoms with van der Waals surface area (Å²) in [5.41, 5.74) is 0. The summed E-state index contributed by atoms with van der Waals surface area (Å²) in [6.07, 6.45) is 0. The molecule has 0 unspecified atom stereocenters. The lowest BCUT2D eigenvalue weighted by molar-refractivity contribution is -0.120. The molecule has 0 atom stereocenters. The molecule has 2 aromatic rings. The second-order valence-electron chi connectivity index (χ2n) is 4.58. The Morgan fingerprint density at radius 2 is 1.81 bits per heavy atom. The van der Waals surface area contributed by atoms with Crippen molar-refractivity contribution < 1.29 is 13.2 Å². The third-order valence-corrected chi connectivity index (χ3v) is 5.30. The molecule has 6 heteroatoms. The number of benzene rings is 2. The number of hydrogen-bond donors (Lipinski definition) is 1. The van der Waals surface area contributed by atoms with Crippen LogP contribution in [0.2, 0.25) is 0 Å². The summed E-state index contributed by atoms with van der Waals surface area (Å²) < 4.78 is 26.7. The van der Waals surface area contributed by atoms with Gasteiger partial charge in [0, 0.05) is 19.0 Å². The number of sulfonamides is 1. The highest BCUT2D eigenvalue weighted by atomic mass is 32.2. The highest BCUT2D eigenvalue weighted by Crippen LogP contribution is 2.25. The molecule has 112 valence electrons. The van der Waals surface area contributed by atoms with Crippen molar-refractivity contribution in [2.24, 2.45) is 0 Å². The number of rotatable bonds is 5. The van der Waals surface area contributed by atoms with Gasteiger partial charge in [-0.15, -0.1) is 0 Å². The van der Waals surface area contributed by atoms with Gasteiger partial charge in [-0.2, -0.15) is 4.31 Å². The zero-order valence-corrected chi connectivity index (χ0v) is 12.9. The fourth-order valence-corrected chi connectivity index (χ4v) is 3.79. The van der Waals surface area contributed by atoms with Gasteiger partial charge in [0.2, 0.25) is 15.9 Å². The van der Waals surface area contributed by atoms with Gasteiger partial charge in [0.25, 0.3) is 0 Å². The van der Waals surface area contributed by atoms with Gasteiger partial charge in [-0.1, -0.05) is 43.3 Å². The topological polar surface area (TPSA) is 66.5 Å². The molecule has 0 saturated carbocycles. The van der Waals surface area contributed by atoms with Crippen molar-refractivity contribution in [3.05, 3.63) is 42.5 Å². The van der Waals surface area contributed by atoms with E-state index >= 15 is 0 Å². The van der Waals surface area contributed by atoms with Crippen molar-refractivity contribution in [1.29, 1.82) is 0 Å². The van der Waals surface area contributed by atoms with Gasteiger partial charge in [-0.25, -0.2) is 8.42 Å². The molecule has 0 bridgehead atoms. The summed E-state index contributed by atoms with van der Waals surface area (Å²) >= 11 is 0. The number of amides is 1. The summed E-state index contributed by atoms with van der Waals surface area (Å²) in [5.74, 6) is -0.333. The zero-order valence-electron chi connectivity index (χ0n) is 12.0. The minimum Gasteiger partial charge on any atom is -0.358 e. The quantitative estimate of drug-likeness (QED) is 0.912. The van der Waals surface area contributed by atoms with Gasteiger partial charge in [-0.3, -0.25) is 4.79 Å². The van der Waals surface area contributed by atoms with E-state index in [1.54, 1.807) is 31.2 Å². The van der Waals surface area contributed by atoms with E-state index < -0.39 is 10.0 Å². The van der Waals surface area contributed by atoms with Crippen LogP contribution >= 0.6 is 0 Å². The Kier molecular flexibility index (Phi) is 4.59. The lowest BCUT2D eigenvalue weighted by Gasteiger charge is -2.20. The van der Waals surface area contributed by atoms with Crippen LogP contribution in [0.4, 0.5) is 0 Å². The summed E-state index contributed by atoms with van der Waals surface area (Å²) in [7, 11) is -2.22. The van der Waals surface area contributed by atoms with Gasteiger partial charge in [0.05, 0.1) is 11.4 Å². The van der Waals surface area contributed by atoms with Crippen LogP contribution < -0.4 is 5.32 Å². The maximum Gasteiger partial charge on any atom is 0.244 e. The molecule has 5 nitrogen and oxygen atoms in total. The Labute approximate surface area is 124 Å². The Hall–Kier alpha value is -1.92. The van der Waals surface area contributed by atoms with Gasteiger partial charge >= 0.3 is 0 Å².